The minimum absolute atomic E-state index is 0.0102. The van der Waals surface area contributed by atoms with Crippen molar-refractivity contribution in [2.24, 2.45) is 0 Å². The molecule has 3 aromatic rings. The van der Waals surface area contributed by atoms with E-state index in [1.54, 1.807) is 11.0 Å². The maximum absolute atomic E-state index is 12.8. The Morgan fingerprint density at radius 1 is 1.35 bits per heavy atom. The molecule has 4 rings (SSSR count). The van der Waals surface area contributed by atoms with E-state index in [0.717, 1.165) is 12.1 Å². The van der Waals surface area contributed by atoms with Crippen molar-refractivity contribution < 1.29 is 4.79 Å². The molecule has 23 heavy (non-hydrogen) atoms. The molecule has 0 saturated carbocycles. The third-order valence-electron chi connectivity index (χ3n) is 4.23. The number of hydrogen-bond donors (Lipinski definition) is 0. The van der Waals surface area contributed by atoms with E-state index in [1.807, 2.05) is 36.6 Å². The number of benzene rings is 1. The van der Waals surface area contributed by atoms with E-state index in [9.17, 15) is 9.59 Å². The van der Waals surface area contributed by atoms with E-state index in [4.69, 9.17) is 0 Å². The lowest BCUT2D eigenvalue weighted by Crippen LogP contribution is -2.39. The second-order valence-electron chi connectivity index (χ2n) is 5.76. The average Bonchev–Trinajstić information content (AvgIpc) is 3.13. The number of carbonyl (C=O) groups excluding carboxylic acids is 1. The molecule has 3 heterocycles. The molecular weight excluding hydrogens is 310 g/mol. The SMILES string of the molecule is C[C@@H]1Cc2ccccc2N1C(=O)Cn1cnc2sccc2c1=O. The summed E-state index contributed by atoms with van der Waals surface area (Å²) in [6.07, 6.45) is 2.31. The van der Waals surface area contributed by atoms with Gasteiger partial charge in [0.05, 0.1) is 11.7 Å². The number of amides is 1. The van der Waals surface area contributed by atoms with Crippen molar-refractivity contribution in [2.75, 3.05) is 4.90 Å². The molecule has 2 aromatic heterocycles. The lowest BCUT2D eigenvalue weighted by Gasteiger charge is -2.23. The smallest absolute Gasteiger partial charge is 0.262 e. The molecule has 0 bridgehead atoms. The van der Waals surface area contributed by atoms with Crippen LogP contribution in [0.5, 0.6) is 0 Å². The number of aromatic nitrogens is 2. The van der Waals surface area contributed by atoms with Crippen LogP contribution < -0.4 is 10.5 Å². The number of carbonyl (C=O) groups is 1. The number of para-hydroxylation sites is 1. The molecule has 116 valence electrons. The Morgan fingerprint density at radius 3 is 3.04 bits per heavy atom. The van der Waals surface area contributed by atoms with E-state index in [-0.39, 0.29) is 24.1 Å². The molecule has 1 aliphatic rings. The first-order valence-corrected chi connectivity index (χ1v) is 8.36. The zero-order valence-electron chi connectivity index (χ0n) is 12.6. The van der Waals surface area contributed by atoms with E-state index in [0.29, 0.717) is 10.2 Å². The van der Waals surface area contributed by atoms with Gasteiger partial charge in [-0.3, -0.25) is 14.2 Å². The molecule has 0 unspecified atom stereocenters. The number of nitrogens with zero attached hydrogens (tertiary/aromatic N) is 3. The van der Waals surface area contributed by atoms with Gasteiger partial charge in [0, 0.05) is 11.7 Å². The molecule has 1 aromatic carbocycles. The van der Waals surface area contributed by atoms with E-state index in [2.05, 4.69) is 4.98 Å². The quantitative estimate of drug-likeness (QED) is 0.727. The largest absolute Gasteiger partial charge is 0.307 e. The van der Waals surface area contributed by atoms with Gasteiger partial charge < -0.3 is 4.90 Å². The maximum Gasteiger partial charge on any atom is 0.262 e. The average molecular weight is 325 g/mol. The summed E-state index contributed by atoms with van der Waals surface area (Å²) in [6.45, 7) is 2.04. The van der Waals surface area contributed by atoms with E-state index >= 15 is 0 Å². The van der Waals surface area contributed by atoms with Crippen LogP contribution in [-0.2, 0) is 17.8 Å². The minimum Gasteiger partial charge on any atom is -0.307 e. The van der Waals surface area contributed by atoms with Gasteiger partial charge in [-0.05, 0) is 36.4 Å². The third kappa shape index (κ3) is 2.26. The fraction of sp³-hybridized carbons (Fsp3) is 0.235. The Bertz CT molecular complexity index is 960. The third-order valence-corrected chi connectivity index (χ3v) is 5.05. The Labute approximate surface area is 136 Å². The molecule has 5 nitrogen and oxygen atoms in total. The first-order chi connectivity index (χ1) is 11.1. The van der Waals surface area contributed by atoms with Crippen molar-refractivity contribution in [3.8, 4) is 0 Å². The van der Waals surface area contributed by atoms with Crippen molar-refractivity contribution in [3.05, 3.63) is 58.0 Å². The highest BCUT2D eigenvalue weighted by Crippen LogP contribution is 2.31. The lowest BCUT2D eigenvalue weighted by molar-refractivity contribution is -0.119. The molecule has 1 atom stereocenters. The highest BCUT2D eigenvalue weighted by molar-refractivity contribution is 7.16. The van der Waals surface area contributed by atoms with Gasteiger partial charge >= 0.3 is 0 Å². The topological polar surface area (TPSA) is 55.2 Å². The van der Waals surface area contributed by atoms with Crippen molar-refractivity contribution in [1.29, 1.82) is 0 Å². The summed E-state index contributed by atoms with van der Waals surface area (Å²) in [4.78, 5) is 31.9. The molecule has 6 heteroatoms. The van der Waals surface area contributed by atoms with Crippen molar-refractivity contribution in [2.45, 2.75) is 25.9 Å². The predicted molar refractivity (Wildman–Crippen MR) is 91.0 cm³/mol. The van der Waals surface area contributed by atoms with E-state index in [1.165, 1.54) is 27.8 Å². The highest BCUT2D eigenvalue weighted by atomic mass is 32.1. The summed E-state index contributed by atoms with van der Waals surface area (Å²) in [7, 11) is 0. The summed E-state index contributed by atoms with van der Waals surface area (Å²) in [6, 6.07) is 9.78. The van der Waals surface area contributed by atoms with Crippen LogP contribution in [-0.4, -0.2) is 21.5 Å². The van der Waals surface area contributed by atoms with Crippen LogP contribution in [0.4, 0.5) is 5.69 Å². The van der Waals surface area contributed by atoms with Gasteiger partial charge in [-0.15, -0.1) is 11.3 Å². The molecular formula is C17H15N3O2S. The van der Waals surface area contributed by atoms with Crippen molar-refractivity contribution in [3.63, 3.8) is 0 Å². The van der Waals surface area contributed by atoms with Crippen LogP contribution in [0.2, 0.25) is 0 Å². The van der Waals surface area contributed by atoms with Crippen LogP contribution in [0.25, 0.3) is 10.2 Å². The maximum atomic E-state index is 12.8. The number of anilines is 1. The standard InChI is InChI=1S/C17H15N3O2S/c1-11-8-12-4-2-3-5-14(12)20(11)15(21)9-19-10-18-16-13(17(19)22)6-7-23-16/h2-7,10-11H,8-9H2,1H3/t11-/m1/s1. The summed E-state index contributed by atoms with van der Waals surface area (Å²) in [5.41, 5.74) is 1.96. The fourth-order valence-electron chi connectivity index (χ4n) is 3.17. The molecule has 0 spiro atoms. The zero-order valence-corrected chi connectivity index (χ0v) is 13.4. The van der Waals surface area contributed by atoms with Gasteiger partial charge in [0.1, 0.15) is 11.4 Å². The van der Waals surface area contributed by atoms with Gasteiger partial charge in [0.2, 0.25) is 5.91 Å². The number of thiophene rings is 1. The molecule has 0 radical (unpaired) electrons. The first kappa shape index (κ1) is 14.1. The fourth-order valence-corrected chi connectivity index (χ4v) is 3.90. The van der Waals surface area contributed by atoms with Crippen LogP contribution in [0.15, 0.2) is 46.8 Å². The number of hydrogen-bond acceptors (Lipinski definition) is 4. The van der Waals surface area contributed by atoms with Crippen molar-refractivity contribution in [1.82, 2.24) is 9.55 Å². The van der Waals surface area contributed by atoms with Gasteiger partial charge in [-0.25, -0.2) is 4.98 Å². The second kappa shape index (κ2) is 5.31. The minimum atomic E-state index is -0.162. The van der Waals surface area contributed by atoms with E-state index < -0.39 is 0 Å². The highest BCUT2D eigenvalue weighted by Gasteiger charge is 2.30. The Balaban J connectivity index is 1.67. The lowest BCUT2D eigenvalue weighted by atomic mass is 10.1. The van der Waals surface area contributed by atoms with Gasteiger partial charge in [-0.1, -0.05) is 18.2 Å². The van der Waals surface area contributed by atoms with Gasteiger partial charge in [0.25, 0.3) is 5.56 Å². The normalized spacial score (nSPS) is 16.7. The van der Waals surface area contributed by atoms with Crippen LogP contribution in [0.3, 0.4) is 0 Å². The van der Waals surface area contributed by atoms with Crippen LogP contribution in [0.1, 0.15) is 12.5 Å². The Kier molecular flexibility index (Phi) is 3.27. The molecule has 0 saturated heterocycles. The van der Waals surface area contributed by atoms with Gasteiger partial charge in [0.15, 0.2) is 0 Å². The Morgan fingerprint density at radius 2 is 2.17 bits per heavy atom. The second-order valence-corrected chi connectivity index (χ2v) is 6.66. The molecule has 0 aliphatic carbocycles. The first-order valence-electron chi connectivity index (χ1n) is 7.48. The van der Waals surface area contributed by atoms with Gasteiger partial charge in [-0.2, -0.15) is 0 Å². The zero-order chi connectivity index (χ0) is 16.0. The summed E-state index contributed by atoms with van der Waals surface area (Å²) < 4.78 is 1.39. The van der Waals surface area contributed by atoms with Crippen LogP contribution >= 0.6 is 11.3 Å². The number of fused-ring (bicyclic) bond motifs is 2. The number of rotatable bonds is 2. The molecule has 0 fully saturated rings. The molecule has 1 amide bonds. The molecule has 0 N–H and O–H groups in total. The molecule has 1 aliphatic heterocycles. The van der Waals surface area contributed by atoms with Crippen LogP contribution in [0, 0.1) is 0 Å². The Hall–Kier alpha value is -2.47. The summed E-state index contributed by atoms with van der Waals surface area (Å²) in [5.74, 6) is -0.0825. The monoisotopic (exact) mass is 325 g/mol. The summed E-state index contributed by atoms with van der Waals surface area (Å²) >= 11 is 1.43. The predicted octanol–water partition coefficient (Wildman–Crippen LogP) is 2.44. The van der Waals surface area contributed by atoms with Crippen molar-refractivity contribution >= 4 is 33.1 Å². The summed E-state index contributed by atoms with van der Waals surface area (Å²) in [5, 5.41) is 2.41.